The van der Waals surface area contributed by atoms with Crippen molar-refractivity contribution in [3.05, 3.63) is 47.4 Å². The van der Waals surface area contributed by atoms with Crippen molar-refractivity contribution >= 4 is 23.1 Å². The smallest absolute Gasteiger partial charge is 0.256 e. The lowest BCUT2D eigenvalue weighted by atomic mass is 9.99. The summed E-state index contributed by atoms with van der Waals surface area (Å²) in [7, 11) is 0. The molecule has 1 aromatic rings. The molecule has 4 rings (SSSR count). The monoisotopic (exact) mass is 426 g/mol. The maximum Gasteiger partial charge on any atom is 0.256 e. The summed E-state index contributed by atoms with van der Waals surface area (Å²) in [4.78, 5) is 29.8. The Morgan fingerprint density at radius 3 is 2.84 bits per heavy atom. The zero-order valence-electron chi connectivity index (χ0n) is 18.3. The molecule has 31 heavy (non-hydrogen) atoms. The summed E-state index contributed by atoms with van der Waals surface area (Å²) < 4.78 is 13.6. The number of hydrogen-bond donors (Lipinski definition) is 2. The molecule has 1 aromatic carbocycles. The van der Waals surface area contributed by atoms with Crippen LogP contribution >= 0.6 is 0 Å². The van der Waals surface area contributed by atoms with Crippen LogP contribution in [0.25, 0.3) is 5.57 Å². The standard InChI is InChI=1S/C24H31FN4O2/c1-3-28(4-2)12-13-29-11-5-6-21-20(24(29)31)15-17(26-21)8-9-18-19-14-16(25)7-10-22(19)27-23(18)30/h7,9-10,14-15,20-21,26H,3-6,8,11-13H2,1-2H3,(H,27,30)/b18-9-. The van der Waals surface area contributed by atoms with Crippen LogP contribution < -0.4 is 10.6 Å². The Labute approximate surface area is 183 Å². The fraction of sp³-hybridized carbons (Fsp3) is 0.500. The molecule has 0 bridgehead atoms. The Balaban J connectivity index is 1.45. The van der Waals surface area contributed by atoms with Crippen molar-refractivity contribution < 1.29 is 14.0 Å². The normalized spacial score (nSPS) is 24.1. The van der Waals surface area contributed by atoms with Gasteiger partial charge in [-0.05, 0) is 44.1 Å². The highest BCUT2D eigenvalue weighted by molar-refractivity contribution is 6.31. The number of rotatable bonds is 7. The molecular formula is C24H31FN4O2. The SMILES string of the molecule is CCN(CC)CCN1CCCC2NC(C/C=C3\C(=O)Nc4ccc(F)cc43)=CC2C1=O. The molecule has 3 aliphatic heterocycles. The van der Waals surface area contributed by atoms with Gasteiger partial charge in [0.15, 0.2) is 0 Å². The van der Waals surface area contributed by atoms with E-state index < -0.39 is 0 Å². The zero-order valence-corrected chi connectivity index (χ0v) is 18.3. The van der Waals surface area contributed by atoms with Crippen LogP contribution in [0.4, 0.5) is 10.1 Å². The van der Waals surface area contributed by atoms with E-state index >= 15 is 0 Å². The van der Waals surface area contributed by atoms with Crippen LogP contribution in [0.5, 0.6) is 0 Å². The minimum Gasteiger partial charge on any atom is -0.384 e. The summed E-state index contributed by atoms with van der Waals surface area (Å²) in [6.45, 7) is 8.75. The van der Waals surface area contributed by atoms with Gasteiger partial charge >= 0.3 is 0 Å². The highest BCUT2D eigenvalue weighted by Gasteiger charge is 2.37. The summed E-state index contributed by atoms with van der Waals surface area (Å²) in [5, 5.41) is 6.27. The molecule has 0 saturated carbocycles. The number of hydrogen-bond acceptors (Lipinski definition) is 4. The van der Waals surface area contributed by atoms with Gasteiger partial charge in [0.1, 0.15) is 5.82 Å². The maximum atomic E-state index is 13.6. The van der Waals surface area contributed by atoms with Crippen LogP contribution in [0.1, 0.15) is 38.7 Å². The van der Waals surface area contributed by atoms with Crippen LogP contribution in [0.15, 0.2) is 36.0 Å². The number of carbonyl (C=O) groups is 2. The van der Waals surface area contributed by atoms with Crippen molar-refractivity contribution in [3.8, 4) is 0 Å². The molecule has 166 valence electrons. The van der Waals surface area contributed by atoms with Gasteiger partial charge in [-0.15, -0.1) is 0 Å². The van der Waals surface area contributed by atoms with Crippen LogP contribution in [0.3, 0.4) is 0 Å². The summed E-state index contributed by atoms with van der Waals surface area (Å²) in [5.74, 6) is -0.547. The second-order valence-electron chi connectivity index (χ2n) is 8.43. The third kappa shape index (κ3) is 4.51. The molecule has 2 atom stereocenters. The molecule has 3 aliphatic rings. The maximum absolute atomic E-state index is 13.6. The van der Waals surface area contributed by atoms with Crippen LogP contribution in [-0.4, -0.2) is 60.4 Å². The van der Waals surface area contributed by atoms with E-state index in [2.05, 4.69) is 29.4 Å². The summed E-state index contributed by atoms with van der Waals surface area (Å²) >= 11 is 0. The number of nitrogens with zero attached hydrogens (tertiary/aromatic N) is 2. The second kappa shape index (κ2) is 9.22. The Morgan fingerprint density at radius 1 is 1.26 bits per heavy atom. The van der Waals surface area contributed by atoms with E-state index in [1.54, 1.807) is 6.07 Å². The van der Waals surface area contributed by atoms with Crippen LogP contribution in [0, 0.1) is 11.7 Å². The topological polar surface area (TPSA) is 64.7 Å². The lowest BCUT2D eigenvalue weighted by Crippen LogP contribution is -2.42. The lowest BCUT2D eigenvalue weighted by Gasteiger charge is -2.27. The van der Waals surface area contributed by atoms with E-state index in [0.29, 0.717) is 23.2 Å². The number of nitrogens with one attached hydrogen (secondary N) is 2. The minimum atomic E-state index is -0.364. The Kier molecular flexibility index (Phi) is 6.41. The van der Waals surface area contributed by atoms with E-state index in [1.165, 1.54) is 12.1 Å². The van der Waals surface area contributed by atoms with Gasteiger partial charge in [-0.3, -0.25) is 9.59 Å². The number of likely N-dealkylation sites (tertiary alicyclic amines) is 1. The molecule has 3 heterocycles. The van der Waals surface area contributed by atoms with Crippen molar-refractivity contribution in [2.45, 2.75) is 39.2 Å². The second-order valence-corrected chi connectivity index (χ2v) is 8.43. The summed E-state index contributed by atoms with van der Waals surface area (Å²) in [6, 6.07) is 4.42. The van der Waals surface area contributed by atoms with Crippen molar-refractivity contribution in [3.63, 3.8) is 0 Å². The molecule has 0 radical (unpaired) electrons. The molecule has 1 saturated heterocycles. The van der Waals surface area contributed by atoms with Gasteiger partial charge < -0.3 is 20.4 Å². The number of allylic oxidation sites excluding steroid dienone is 1. The van der Waals surface area contributed by atoms with Gasteiger partial charge in [0.25, 0.3) is 5.91 Å². The van der Waals surface area contributed by atoms with E-state index in [0.717, 1.165) is 51.3 Å². The molecule has 2 unspecified atom stereocenters. The predicted octanol–water partition coefficient (Wildman–Crippen LogP) is 2.99. The molecule has 2 N–H and O–H groups in total. The highest BCUT2D eigenvalue weighted by Crippen LogP contribution is 2.34. The average molecular weight is 427 g/mol. The first-order valence-corrected chi connectivity index (χ1v) is 11.3. The third-order valence-electron chi connectivity index (χ3n) is 6.60. The number of fused-ring (bicyclic) bond motifs is 2. The fourth-order valence-electron chi connectivity index (χ4n) is 4.75. The molecule has 0 spiro atoms. The molecule has 2 amide bonds. The first-order valence-electron chi connectivity index (χ1n) is 11.3. The third-order valence-corrected chi connectivity index (χ3v) is 6.60. The Morgan fingerprint density at radius 2 is 2.06 bits per heavy atom. The molecule has 7 heteroatoms. The van der Waals surface area contributed by atoms with Crippen molar-refractivity contribution in [2.24, 2.45) is 5.92 Å². The van der Waals surface area contributed by atoms with Crippen molar-refractivity contribution in [1.29, 1.82) is 0 Å². The zero-order chi connectivity index (χ0) is 22.0. The van der Waals surface area contributed by atoms with Gasteiger partial charge in [0.2, 0.25) is 5.91 Å². The quantitative estimate of drug-likeness (QED) is 0.658. The van der Waals surface area contributed by atoms with Crippen molar-refractivity contribution in [1.82, 2.24) is 15.1 Å². The van der Waals surface area contributed by atoms with Gasteiger partial charge in [-0.2, -0.15) is 0 Å². The van der Waals surface area contributed by atoms with E-state index in [-0.39, 0.29) is 29.6 Å². The molecule has 6 nitrogen and oxygen atoms in total. The summed E-state index contributed by atoms with van der Waals surface area (Å²) in [5.41, 5.74) is 2.67. The lowest BCUT2D eigenvalue weighted by molar-refractivity contribution is -0.133. The molecule has 1 fully saturated rings. The Bertz CT molecular complexity index is 922. The average Bonchev–Trinajstić information content (AvgIpc) is 3.26. The number of likely N-dealkylation sites (N-methyl/N-ethyl adjacent to an activating group) is 1. The number of anilines is 1. The molecule has 0 aromatic heterocycles. The first-order chi connectivity index (χ1) is 15.0. The van der Waals surface area contributed by atoms with Gasteiger partial charge in [0.05, 0.1) is 5.92 Å². The predicted molar refractivity (Wildman–Crippen MR) is 120 cm³/mol. The van der Waals surface area contributed by atoms with Crippen molar-refractivity contribution in [2.75, 3.05) is 38.0 Å². The highest BCUT2D eigenvalue weighted by atomic mass is 19.1. The number of carbonyl (C=O) groups excluding carboxylic acids is 2. The van der Waals surface area contributed by atoms with Gasteiger partial charge in [-0.25, -0.2) is 4.39 Å². The molecule has 0 aliphatic carbocycles. The molecular weight excluding hydrogens is 395 g/mol. The number of benzene rings is 1. The van der Waals surface area contributed by atoms with Crippen LogP contribution in [0.2, 0.25) is 0 Å². The first kappa shape index (κ1) is 21.6. The van der Waals surface area contributed by atoms with E-state index in [4.69, 9.17) is 0 Å². The van der Waals surface area contributed by atoms with Gasteiger partial charge in [-0.1, -0.05) is 26.0 Å². The number of halogens is 1. The summed E-state index contributed by atoms with van der Waals surface area (Å²) in [6.07, 6.45) is 6.30. The van der Waals surface area contributed by atoms with E-state index in [9.17, 15) is 14.0 Å². The fourth-order valence-corrected chi connectivity index (χ4v) is 4.75. The largest absolute Gasteiger partial charge is 0.384 e. The van der Waals surface area contributed by atoms with E-state index in [1.807, 2.05) is 17.1 Å². The Hall–Kier alpha value is -2.67. The van der Waals surface area contributed by atoms with Crippen LogP contribution in [-0.2, 0) is 9.59 Å². The minimum absolute atomic E-state index is 0.112. The van der Waals surface area contributed by atoms with Gasteiger partial charge in [0, 0.05) is 54.6 Å². The number of amides is 2.